The first-order chi connectivity index (χ1) is 7.81. The normalized spacial score (nSPS) is 11.8. The summed E-state index contributed by atoms with van der Waals surface area (Å²) in [7, 11) is 1.58. The minimum atomic E-state index is -0.476. The number of nitrogens with one attached hydrogen (secondary N) is 1. The molecule has 0 spiro atoms. The summed E-state index contributed by atoms with van der Waals surface area (Å²) in [6, 6.07) is 0. The van der Waals surface area contributed by atoms with Gasteiger partial charge in [-0.1, -0.05) is 0 Å². The Morgan fingerprint density at radius 3 is 2.41 bits per heavy atom. The Morgan fingerprint density at radius 1 is 1.18 bits per heavy atom. The van der Waals surface area contributed by atoms with Crippen molar-refractivity contribution in [1.29, 1.82) is 0 Å². The Kier molecular flexibility index (Phi) is 4.28. The van der Waals surface area contributed by atoms with Crippen molar-refractivity contribution in [2.75, 3.05) is 6.54 Å². The predicted molar refractivity (Wildman–Crippen MR) is 68.3 cm³/mol. The highest BCUT2D eigenvalue weighted by molar-refractivity contribution is 4.84. The maximum Gasteiger partial charge on any atom is 0.316 e. The standard InChI is InChI=1S/C12H21N3O2/c1-12(2,3)13-6-5-7-15-9-8-14(4)10(16)11(15)17/h8-9,13H,5-7H2,1-4H3. The second-order valence-electron chi connectivity index (χ2n) is 5.24. The molecule has 1 rings (SSSR count). The zero-order valence-corrected chi connectivity index (χ0v) is 11.0. The van der Waals surface area contributed by atoms with Crippen molar-refractivity contribution in [3.8, 4) is 0 Å². The van der Waals surface area contributed by atoms with E-state index in [-0.39, 0.29) is 5.54 Å². The molecule has 1 aromatic heterocycles. The van der Waals surface area contributed by atoms with Gasteiger partial charge in [-0.2, -0.15) is 0 Å². The summed E-state index contributed by atoms with van der Waals surface area (Å²) < 4.78 is 2.76. The SMILES string of the molecule is Cn1ccn(CCCNC(C)(C)C)c(=O)c1=O. The number of hydrogen-bond donors (Lipinski definition) is 1. The van der Waals surface area contributed by atoms with Crippen LogP contribution in [0.2, 0.25) is 0 Å². The molecule has 0 saturated heterocycles. The molecular formula is C12H21N3O2. The van der Waals surface area contributed by atoms with Gasteiger partial charge in [-0.25, -0.2) is 0 Å². The Labute approximate surface area is 101 Å². The van der Waals surface area contributed by atoms with Crippen LogP contribution in [0.3, 0.4) is 0 Å². The molecule has 1 aromatic rings. The monoisotopic (exact) mass is 239 g/mol. The van der Waals surface area contributed by atoms with E-state index in [1.54, 1.807) is 19.4 Å². The molecular weight excluding hydrogens is 218 g/mol. The van der Waals surface area contributed by atoms with Crippen LogP contribution >= 0.6 is 0 Å². The molecule has 1 heterocycles. The summed E-state index contributed by atoms with van der Waals surface area (Å²) in [6.45, 7) is 7.68. The lowest BCUT2D eigenvalue weighted by atomic mass is 10.1. The molecule has 0 unspecified atom stereocenters. The minimum Gasteiger partial charge on any atom is -0.312 e. The lowest BCUT2D eigenvalue weighted by Gasteiger charge is -2.20. The average Bonchev–Trinajstić information content (AvgIpc) is 2.22. The largest absolute Gasteiger partial charge is 0.316 e. The maximum absolute atomic E-state index is 11.6. The molecule has 0 saturated carbocycles. The second kappa shape index (κ2) is 5.31. The summed E-state index contributed by atoms with van der Waals surface area (Å²) in [5.41, 5.74) is -0.848. The van der Waals surface area contributed by atoms with Gasteiger partial charge in [-0.15, -0.1) is 0 Å². The molecule has 96 valence electrons. The fourth-order valence-corrected chi connectivity index (χ4v) is 1.48. The third-order valence-corrected chi connectivity index (χ3v) is 2.47. The summed E-state index contributed by atoms with van der Waals surface area (Å²) in [4.78, 5) is 23.0. The smallest absolute Gasteiger partial charge is 0.312 e. The highest BCUT2D eigenvalue weighted by Crippen LogP contribution is 1.98. The second-order valence-corrected chi connectivity index (χ2v) is 5.24. The summed E-state index contributed by atoms with van der Waals surface area (Å²) >= 11 is 0. The molecule has 5 nitrogen and oxygen atoms in total. The van der Waals surface area contributed by atoms with Crippen molar-refractivity contribution in [3.05, 3.63) is 33.1 Å². The molecule has 17 heavy (non-hydrogen) atoms. The molecule has 1 N–H and O–H groups in total. The van der Waals surface area contributed by atoms with Crippen LogP contribution in [-0.4, -0.2) is 21.2 Å². The molecule has 0 aliphatic heterocycles. The van der Waals surface area contributed by atoms with Crippen molar-refractivity contribution < 1.29 is 0 Å². The number of aryl methyl sites for hydroxylation is 2. The minimum absolute atomic E-state index is 0.0811. The molecule has 5 heteroatoms. The average molecular weight is 239 g/mol. The van der Waals surface area contributed by atoms with E-state index in [1.807, 2.05) is 0 Å². The fourth-order valence-electron chi connectivity index (χ4n) is 1.48. The van der Waals surface area contributed by atoms with Gasteiger partial charge in [-0.3, -0.25) is 9.59 Å². The van der Waals surface area contributed by atoms with Gasteiger partial charge < -0.3 is 14.5 Å². The van der Waals surface area contributed by atoms with Gasteiger partial charge in [0.05, 0.1) is 0 Å². The number of nitrogens with zero attached hydrogens (tertiary/aromatic N) is 2. The molecule has 0 aliphatic rings. The summed E-state index contributed by atoms with van der Waals surface area (Å²) in [5, 5.41) is 3.34. The van der Waals surface area contributed by atoms with E-state index in [1.165, 1.54) is 9.13 Å². The van der Waals surface area contributed by atoms with Crippen molar-refractivity contribution in [1.82, 2.24) is 14.5 Å². The summed E-state index contributed by atoms with van der Waals surface area (Å²) in [6.07, 6.45) is 4.09. The lowest BCUT2D eigenvalue weighted by Crippen LogP contribution is -2.40. The van der Waals surface area contributed by atoms with Crippen LogP contribution in [0.15, 0.2) is 22.0 Å². The zero-order chi connectivity index (χ0) is 13.1. The Morgan fingerprint density at radius 2 is 1.82 bits per heavy atom. The van der Waals surface area contributed by atoms with Crippen LogP contribution in [0.1, 0.15) is 27.2 Å². The van der Waals surface area contributed by atoms with Crippen LogP contribution in [0, 0.1) is 0 Å². The van der Waals surface area contributed by atoms with Gasteiger partial charge in [-0.05, 0) is 33.7 Å². The van der Waals surface area contributed by atoms with E-state index in [4.69, 9.17) is 0 Å². The summed E-state index contributed by atoms with van der Waals surface area (Å²) in [5.74, 6) is 0. The maximum atomic E-state index is 11.6. The first-order valence-electron chi connectivity index (χ1n) is 5.82. The number of aromatic nitrogens is 2. The van der Waals surface area contributed by atoms with Gasteiger partial charge in [0, 0.05) is 31.5 Å². The zero-order valence-electron chi connectivity index (χ0n) is 11.0. The third-order valence-electron chi connectivity index (χ3n) is 2.47. The van der Waals surface area contributed by atoms with E-state index < -0.39 is 11.1 Å². The highest BCUT2D eigenvalue weighted by Gasteiger charge is 2.07. The highest BCUT2D eigenvalue weighted by atomic mass is 16.2. The molecule has 0 fully saturated rings. The van der Waals surface area contributed by atoms with Crippen molar-refractivity contribution in [2.45, 2.75) is 39.3 Å². The van der Waals surface area contributed by atoms with Crippen molar-refractivity contribution in [3.63, 3.8) is 0 Å². The van der Waals surface area contributed by atoms with E-state index in [0.717, 1.165) is 13.0 Å². The quantitative estimate of drug-likeness (QED) is 0.608. The predicted octanol–water partition coefficient (Wildman–Crippen LogP) is 0.325. The first-order valence-corrected chi connectivity index (χ1v) is 5.82. The number of hydrogen-bond acceptors (Lipinski definition) is 3. The Hall–Kier alpha value is -1.36. The first kappa shape index (κ1) is 13.7. The molecule has 0 aromatic carbocycles. The molecule has 0 atom stereocenters. The topological polar surface area (TPSA) is 56.0 Å². The fraction of sp³-hybridized carbons (Fsp3) is 0.667. The van der Waals surface area contributed by atoms with Crippen LogP contribution in [0.25, 0.3) is 0 Å². The van der Waals surface area contributed by atoms with Crippen LogP contribution < -0.4 is 16.4 Å². The third kappa shape index (κ3) is 4.19. The van der Waals surface area contributed by atoms with Crippen LogP contribution in [0.4, 0.5) is 0 Å². The molecule has 0 amide bonds. The van der Waals surface area contributed by atoms with Gasteiger partial charge in [0.25, 0.3) is 0 Å². The van der Waals surface area contributed by atoms with Gasteiger partial charge in [0.15, 0.2) is 0 Å². The van der Waals surface area contributed by atoms with Gasteiger partial charge in [0.1, 0.15) is 0 Å². The molecule has 0 radical (unpaired) electrons. The van der Waals surface area contributed by atoms with Crippen molar-refractivity contribution in [2.24, 2.45) is 7.05 Å². The van der Waals surface area contributed by atoms with E-state index in [2.05, 4.69) is 26.1 Å². The van der Waals surface area contributed by atoms with E-state index >= 15 is 0 Å². The van der Waals surface area contributed by atoms with E-state index in [9.17, 15) is 9.59 Å². The Bertz CT molecular complexity index is 480. The lowest BCUT2D eigenvalue weighted by molar-refractivity contribution is 0.412. The van der Waals surface area contributed by atoms with Gasteiger partial charge >= 0.3 is 11.1 Å². The Balaban J connectivity index is 2.57. The van der Waals surface area contributed by atoms with Crippen LogP contribution in [-0.2, 0) is 13.6 Å². The van der Waals surface area contributed by atoms with E-state index in [0.29, 0.717) is 6.54 Å². The van der Waals surface area contributed by atoms with Crippen LogP contribution in [0.5, 0.6) is 0 Å². The van der Waals surface area contributed by atoms with Gasteiger partial charge in [0.2, 0.25) is 0 Å². The van der Waals surface area contributed by atoms with Crippen molar-refractivity contribution >= 4 is 0 Å². The number of rotatable bonds is 4. The molecule has 0 aliphatic carbocycles. The molecule has 0 bridgehead atoms.